The van der Waals surface area contributed by atoms with Crippen molar-refractivity contribution >= 4 is 39.3 Å². The Hall–Kier alpha value is -1.30. The molecule has 1 amide bonds. The van der Waals surface area contributed by atoms with Crippen LogP contribution in [0.2, 0.25) is 0 Å². The number of hydrogen-bond donors (Lipinski definition) is 1. The van der Waals surface area contributed by atoms with Gasteiger partial charge in [0.1, 0.15) is 0 Å². The zero-order valence-corrected chi connectivity index (χ0v) is 15.9. The summed E-state index contributed by atoms with van der Waals surface area (Å²) < 4.78 is 1.06. The number of para-hydroxylation sites is 1. The highest BCUT2D eigenvalue weighted by molar-refractivity contribution is 9.10. The van der Waals surface area contributed by atoms with E-state index in [1.165, 1.54) is 5.56 Å². The van der Waals surface area contributed by atoms with Crippen LogP contribution in [-0.2, 0) is 11.3 Å². The van der Waals surface area contributed by atoms with E-state index in [-0.39, 0.29) is 11.9 Å². The van der Waals surface area contributed by atoms with Crippen LogP contribution in [0.15, 0.2) is 57.9 Å². The molecule has 0 fully saturated rings. The first-order valence-corrected chi connectivity index (χ1v) is 9.41. The molecule has 0 aromatic heterocycles. The van der Waals surface area contributed by atoms with E-state index < -0.39 is 0 Å². The standard InChI is InChI=1S/C18H21BrN2OS/c1-13(21(2)12-14-8-10-15(19)11-9-14)18(22)20-16-6-4-5-7-17(16)23-3/h4-11,13H,12H2,1-3H3,(H,20,22). The predicted octanol–water partition coefficient (Wildman–Crippen LogP) is 4.63. The average Bonchev–Trinajstić information content (AvgIpc) is 2.56. The van der Waals surface area contributed by atoms with E-state index in [0.717, 1.165) is 21.6 Å². The fourth-order valence-corrected chi connectivity index (χ4v) is 3.02. The van der Waals surface area contributed by atoms with Gasteiger partial charge in [0.2, 0.25) is 5.91 Å². The summed E-state index contributed by atoms with van der Waals surface area (Å²) in [6, 6.07) is 15.8. The van der Waals surface area contributed by atoms with Gasteiger partial charge in [0, 0.05) is 15.9 Å². The molecule has 2 rings (SSSR count). The summed E-state index contributed by atoms with van der Waals surface area (Å²) in [7, 11) is 1.97. The van der Waals surface area contributed by atoms with Crippen molar-refractivity contribution in [2.24, 2.45) is 0 Å². The van der Waals surface area contributed by atoms with Crippen molar-refractivity contribution < 1.29 is 4.79 Å². The van der Waals surface area contributed by atoms with Crippen molar-refractivity contribution in [3.05, 3.63) is 58.6 Å². The van der Waals surface area contributed by atoms with Crippen LogP contribution in [0.3, 0.4) is 0 Å². The van der Waals surface area contributed by atoms with Crippen molar-refractivity contribution in [2.45, 2.75) is 24.4 Å². The minimum atomic E-state index is -0.214. The summed E-state index contributed by atoms with van der Waals surface area (Å²) in [5.41, 5.74) is 2.05. The van der Waals surface area contributed by atoms with Gasteiger partial charge in [-0.2, -0.15) is 0 Å². The Morgan fingerprint density at radius 3 is 2.52 bits per heavy atom. The van der Waals surface area contributed by atoms with Crippen molar-refractivity contribution in [1.82, 2.24) is 4.90 Å². The lowest BCUT2D eigenvalue weighted by molar-refractivity contribution is -0.120. The molecule has 5 heteroatoms. The van der Waals surface area contributed by atoms with Crippen LogP contribution >= 0.6 is 27.7 Å². The summed E-state index contributed by atoms with van der Waals surface area (Å²) >= 11 is 5.06. The van der Waals surface area contributed by atoms with Gasteiger partial charge in [-0.15, -0.1) is 11.8 Å². The van der Waals surface area contributed by atoms with Gasteiger partial charge in [-0.3, -0.25) is 9.69 Å². The lowest BCUT2D eigenvalue weighted by Crippen LogP contribution is -2.39. The topological polar surface area (TPSA) is 32.3 Å². The third-order valence-electron chi connectivity index (χ3n) is 3.75. The van der Waals surface area contributed by atoms with E-state index >= 15 is 0 Å². The van der Waals surface area contributed by atoms with Gasteiger partial charge >= 0.3 is 0 Å². The normalized spacial score (nSPS) is 12.2. The zero-order chi connectivity index (χ0) is 16.8. The molecular weight excluding hydrogens is 372 g/mol. The SMILES string of the molecule is CSc1ccccc1NC(=O)C(C)N(C)Cc1ccc(Br)cc1. The van der Waals surface area contributed by atoms with E-state index in [1.807, 2.05) is 61.5 Å². The van der Waals surface area contributed by atoms with Crippen molar-refractivity contribution in [1.29, 1.82) is 0 Å². The van der Waals surface area contributed by atoms with Crippen molar-refractivity contribution in [3.8, 4) is 0 Å². The quantitative estimate of drug-likeness (QED) is 0.727. The Morgan fingerprint density at radius 2 is 1.87 bits per heavy atom. The molecule has 1 atom stereocenters. The third-order valence-corrected chi connectivity index (χ3v) is 5.08. The molecule has 2 aromatic rings. The molecule has 0 heterocycles. The summed E-state index contributed by atoms with van der Waals surface area (Å²) in [5.74, 6) is 0.00566. The highest BCUT2D eigenvalue weighted by atomic mass is 79.9. The maximum Gasteiger partial charge on any atom is 0.241 e. The summed E-state index contributed by atoms with van der Waals surface area (Å²) in [4.78, 5) is 15.6. The predicted molar refractivity (Wildman–Crippen MR) is 102 cm³/mol. The van der Waals surface area contributed by atoms with Gasteiger partial charge in [-0.25, -0.2) is 0 Å². The molecule has 0 saturated heterocycles. The smallest absolute Gasteiger partial charge is 0.241 e. The second kappa shape index (κ2) is 8.52. The molecule has 0 saturated carbocycles. The number of nitrogens with zero attached hydrogens (tertiary/aromatic N) is 1. The lowest BCUT2D eigenvalue weighted by atomic mass is 10.2. The number of anilines is 1. The van der Waals surface area contributed by atoms with Crippen LogP contribution in [0.1, 0.15) is 12.5 Å². The minimum absolute atomic E-state index is 0.00566. The molecule has 0 aliphatic rings. The van der Waals surface area contributed by atoms with Gasteiger partial charge in [0.05, 0.1) is 11.7 Å². The van der Waals surface area contributed by atoms with Gasteiger partial charge in [0.15, 0.2) is 0 Å². The molecule has 3 nitrogen and oxygen atoms in total. The highest BCUT2D eigenvalue weighted by Crippen LogP contribution is 2.25. The zero-order valence-electron chi connectivity index (χ0n) is 13.5. The Morgan fingerprint density at radius 1 is 1.22 bits per heavy atom. The fourth-order valence-electron chi connectivity index (χ4n) is 2.20. The van der Waals surface area contributed by atoms with E-state index in [4.69, 9.17) is 0 Å². The summed E-state index contributed by atoms with van der Waals surface area (Å²) in [5, 5.41) is 3.03. The van der Waals surface area contributed by atoms with E-state index in [1.54, 1.807) is 11.8 Å². The fraction of sp³-hybridized carbons (Fsp3) is 0.278. The van der Waals surface area contributed by atoms with Crippen LogP contribution in [0.25, 0.3) is 0 Å². The molecule has 2 aromatic carbocycles. The molecule has 0 aliphatic heterocycles. The number of nitrogens with one attached hydrogen (secondary N) is 1. The van der Waals surface area contributed by atoms with Gasteiger partial charge in [-0.05, 0) is 50.1 Å². The molecule has 1 unspecified atom stereocenters. The Bertz CT molecular complexity index is 660. The number of amides is 1. The van der Waals surface area contributed by atoms with Gasteiger partial charge in [0.25, 0.3) is 0 Å². The Labute approximate surface area is 150 Å². The Kier molecular flexibility index (Phi) is 6.69. The van der Waals surface area contributed by atoms with Crippen molar-refractivity contribution in [2.75, 3.05) is 18.6 Å². The minimum Gasteiger partial charge on any atom is -0.324 e. The molecule has 23 heavy (non-hydrogen) atoms. The molecule has 0 spiro atoms. The van der Waals surface area contributed by atoms with Crippen LogP contribution in [0, 0.1) is 0 Å². The molecule has 122 valence electrons. The lowest BCUT2D eigenvalue weighted by Gasteiger charge is -2.24. The van der Waals surface area contributed by atoms with E-state index in [9.17, 15) is 4.79 Å². The van der Waals surface area contributed by atoms with Gasteiger partial charge in [-0.1, -0.05) is 40.2 Å². The molecule has 0 bridgehead atoms. The van der Waals surface area contributed by atoms with E-state index in [0.29, 0.717) is 0 Å². The number of halogens is 1. The van der Waals surface area contributed by atoms with Crippen LogP contribution in [0.5, 0.6) is 0 Å². The van der Waals surface area contributed by atoms with Crippen LogP contribution in [0.4, 0.5) is 5.69 Å². The molecular formula is C18H21BrN2OS. The third kappa shape index (κ3) is 5.09. The summed E-state index contributed by atoms with van der Waals surface area (Å²) in [6.07, 6.45) is 2.01. The average molecular weight is 393 g/mol. The number of benzene rings is 2. The monoisotopic (exact) mass is 392 g/mol. The number of carbonyl (C=O) groups excluding carboxylic acids is 1. The first-order valence-electron chi connectivity index (χ1n) is 7.40. The first-order chi connectivity index (χ1) is 11.0. The Balaban J connectivity index is 1.99. The van der Waals surface area contributed by atoms with E-state index in [2.05, 4.69) is 33.4 Å². The number of hydrogen-bond acceptors (Lipinski definition) is 3. The van der Waals surface area contributed by atoms with Crippen LogP contribution in [-0.4, -0.2) is 30.2 Å². The largest absolute Gasteiger partial charge is 0.324 e. The van der Waals surface area contributed by atoms with Crippen LogP contribution < -0.4 is 5.32 Å². The number of thioether (sulfide) groups is 1. The van der Waals surface area contributed by atoms with Crippen molar-refractivity contribution in [3.63, 3.8) is 0 Å². The molecule has 1 N–H and O–H groups in total. The second-order valence-corrected chi connectivity index (χ2v) is 7.17. The highest BCUT2D eigenvalue weighted by Gasteiger charge is 2.19. The maximum absolute atomic E-state index is 12.5. The summed E-state index contributed by atoms with van der Waals surface area (Å²) in [6.45, 7) is 2.65. The second-order valence-electron chi connectivity index (χ2n) is 5.41. The number of rotatable bonds is 6. The maximum atomic E-state index is 12.5. The first kappa shape index (κ1) is 18.0. The number of carbonyl (C=O) groups is 1. The molecule has 0 radical (unpaired) electrons. The number of likely N-dealkylation sites (N-methyl/N-ethyl adjacent to an activating group) is 1. The van der Waals surface area contributed by atoms with Gasteiger partial charge < -0.3 is 5.32 Å². The molecule has 0 aliphatic carbocycles.